The number of hydrogen-bond acceptors (Lipinski definition) is 3. The molecule has 0 saturated heterocycles. The largest absolute Gasteiger partial charge is 0.369 e. The summed E-state index contributed by atoms with van der Waals surface area (Å²) in [5, 5.41) is 0. The van der Waals surface area contributed by atoms with E-state index in [1.54, 1.807) is 0 Å². The summed E-state index contributed by atoms with van der Waals surface area (Å²) in [5.41, 5.74) is 6.41. The molecule has 1 heterocycles. The fourth-order valence-corrected chi connectivity index (χ4v) is 3.52. The van der Waals surface area contributed by atoms with Crippen LogP contribution in [0.3, 0.4) is 0 Å². The molecular weight excluding hydrogens is 360 g/mol. The molecule has 0 atom stereocenters. The maximum Gasteiger partial charge on any atom is 0.266 e. The number of halogens is 2. The smallest absolute Gasteiger partial charge is 0.266 e. The quantitative estimate of drug-likeness (QED) is 0.756. The lowest BCUT2D eigenvalue weighted by atomic mass is 9.83. The van der Waals surface area contributed by atoms with Crippen LogP contribution in [0.25, 0.3) is 0 Å². The molecule has 0 spiro atoms. The van der Waals surface area contributed by atoms with Crippen LogP contribution in [0.1, 0.15) is 16.7 Å². The van der Waals surface area contributed by atoms with Crippen LogP contribution < -0.4 is 5.73 Å². The summed E-state index contributed by atoms with van der Waals surface area (Å²) in [6, 6.07) is 21.4. The van der Waals surface area contributed by atoms with Gasteiger partial charge in [-0.05, 0) is 28.8 Å². The molecule has 0 radical (unpaired) electrons. The van der Waals surface area contributed by atoms with Gasteiger partial charge in [0.25, 0.3) is 5.91 Å². The van der Waals surface area contributed by atoms with Crippen molar-refractivity contribution in [3.63, 3.8) is 0 Å². The first-order valence-electron chi connectivity index (χ1n) is 8.74. The molecule has 4 rings (SSSR count). The Labute approximate surface area is 160 Å². The molecule has 1 aliphatic heterocycles. The Balaban J connectivity index is 1.80. The summed E-state index contributed by atoms with van der Waals surface area (Å²) in [4.78, 5) is 19.4. The van der Waals surface area contributed by atoms with Crippen molar-refractivity contribution in [3.8, 4) is 0 Å². The summed E-state index contributed by atoms with van der Waals surface area (Å²) in [7, 11) is 0. The van der Waals surface area contributed by atoms with Crippen molar-refractivity contribution in [1.82, 2.24) is 4.90 Å². The van der Waals surface area contributed by atoms with E-state index in [4.69, 9.17) is 5.73 Å². The molecule has 4 nitrogen and oxygen atoms in total. The van der Waals surface area contributed by atoms with E-state index < -0.39 is 17.2 Å². The van der Waals surface area contributed by atoms with E-state index in [9.17, 15) is 13.6 Å². The highest BCUT2D eigenvalue weighted by Gasteiger charge is 2.50. The molecule has 1 amide bonds. The minimum atomic E-state index is -1.33. The molecule has 6 heteroatoms. The highest BCUT2D eigenvalue weighted by molar-refractivity contribution is 6.09. The maximum absolute atomic E-state index is 13.6. The summed E-state index contributed by atoms with van der Waals surface area (Å²) < 4.78 is 27.1. The standard InChI is InChI=1S/C22H17F2N3O/c23-18-11-15(12-19(24)13-18)14-27-20(28)22(26-21(27)25,16-7-3-1-4-8-16)17-9-5-2-6-10-17/h1-13H,14H2,(H2,25,26). The first-order valence-corrected chi connectivity index (χ1v) is 8.74. The van der Waals surface area contributed by atoms with Crippen LogP contribution in [0.4, 0.5) is 8.78 Å². The summed E-state index contributed by atoms with van der Waals surface area (Å²) in [6.45, 7) is -0.0791. The molecule has 1 aliphatic rings. The fraction of sp³-hybridized carbons (Fsp3) is 0.0909. The lowest BCUT2D eigenvalue weighted by molar-refractivity contribution is -0.130. The van der Waals surface area contributed by atoms with Gasteiger partial charge in [0.2, 0.25) is 0 Å². The Morgan fingerprint density at radius 2 is 1.36 bits per heavy atom. The molecule has 0 unspecified atom stereocenters. The number of hydrogen-bond donors (Lipinski definition) is 1. The van der Waals surface area contributed by atoms with Crippen molar-refractivity contribution in [3.05, 3.63) is 107 Å². The predicted molar refractivity (Wildman–Crippen MR) is 102 cm³/mol. The number of aliphatic imine (C=N–C) groups is 1. The van der Waals surface area contributed by atoms with Gasteiger partial charge in [-0.1, -0.05) is 60.7 Å². The fourth-order valence-electron chi connectivity index (χ4n) is 3.52. The van der Waals surface area contributed by atoms with Gasteiger partial charge in [0, 0.05) is 6.07 Å². The average Bonchev–Trinajstić information content (AvgIpc) is 2.94. The van der Waals surface area contributed by atoms with Gasteiger partial charge < -0.3 is 5.73 Å². The molecular formula is C22H17F2N3O. The van der Waals surface area contributed by atoms with Crippen molar-refractivity contribution in [2.24, 2.45) is 10.7 Å². The third-order valence-electron chi connectivity index (χ3n) is 4.76. The predicted octanol–water partition coefficient (Wildman–Crippen LogP) is 3.57. The van der Waals surface area contributed by atoms with Crippen molar-refractivity contribution in [1.29, 1.82) is 0 Å². The lowest BCUT2D eigenvalue weighted by Crippen LogP contribution is -2.43. The Hall–Kier alpha value is -3.54. The van der Waals surface area contributed by atoms with Gasteiger partial charge in [-0.3, -0.25) is 9.69 Å². The normalized spacial score (nSPS) is 15.6. The van der Waals surface area contributed by atoms with Gasteiger partial charge in [0.1, 0.15) is 11.6 Å². The molecule has 0 aliphatic carbocycles. The van der Waals surface area contributed by atoms with Gasteiger partial charge in [-0.2, -0.15) is 0 Å². The molecule has 3 aromatic rings. The first-order chi connectivity index (χ1) is 13.5. The van der Waals surface area contributed by atoms with Crippen LogP contribution in [0, 0.1) is 11.6 Å². The lowest BCUT2D eigenvalue weighted by Gasteiger charge is -2.27. The highest BCUT2D eigenvalue weighted by Crippen LogP contribution is 2.39. The third kappa shape index (κ3) is 2.93. The molecule has 0 fully saturated rings. The van der Waals surface area contributed by atoms with Gasteiger partial charge >= 0.3 is 0 Å². The number of nitrogens with zero attached hydrogens (tertiary/aromatic N) is 2. The molecule has 0 bridgehead atoms. The van der Waals surface area contributed by atoms with Crippen LogP contribution in [-0.2, 0) is 16.9 Å². The van der Waals surface area contributed by atoms with E-state index in [1.807, 2.05) is 60.7 Å². The van der Waals surface area contributed by atoms with E-state index in [2.05, 4.69) is 4.99 Å². The zero-order valence-corrected chi connectivity index (χ0v) is 14.8. The van der Waals surface area contributed by atoms with Crippen LogP contribution in [0.15, 0.2) is 83.9 Å². The van der Waals surface area contributed by atoms with Gasteiger partial charge in [-0.15, -0.1) is 0 Å². The Morgan fingerprint density at radius 3 is 1.86 bits per heavy atom. The van der Waals surface area contributed by atoms with Crippen LogP contribution >= 0.6 is 0 Å². The molecule has 3 aromatic carbocycles. The number of nitrogens with two attached hydrogens (primary N) is 1. The second-order valence-electron chi connectivity index (χ2n) is 6.58. The van der Waals surface area contributed by atoms with Crippen LogP contribution in [-0.4, -0.2) is 16.8 Å². The van der Waals surface area contributed by atoms with E-state index in [-0.39, 0.29) is 18.4 Å². The zero-order valence-electron chi connectivity index (χ0n) is 14.8. The average molecular weight is 377 g/mol. The molecule has 28 heavy (non-hydrogen) atoms. The van der Waals surface area contributed by atoms with Crippen molar-refractivity contribution >= 4 is 11.9 Å². The second-order valence-corrected chi connectivity index (χ2v) is 6.58. The molecule has 2 N–H and O–H groups in total. The van der Waals surface area contributed by atoms with E-state index in [1.165, 1.54) is 17.0 Å². The van der Waals surface area contributed by atoms with Gasteiger partial charge in [-0.25, -0.2) is 13.8 Å². The maximum atomic E-state index is 13.6. The Bertz CT molecular complexity index is 992. The number of benzene rings is 3. The van der Waals surface area contributed by atoms with E-state index in [0.717, 1.165) is 6.07 Å². The summed E-state index contributed by atoms with van der Waals surface area (Å²) in [6.07, 6.45) is 0. The van der Waals surface area contributed by atoms with Crippen molar-refractivity contribution in [2.45, 2.75) is 12.1 Å². The Kier molecular flexibility index (Phi) is 4.39. The SMILES string of the molecule is NC1=NC(c2ccccc2)(c2ccccc2)C(=O)N1Cc1cc(F)cc(F)c1. The molecule has 0 saturated carbocycles. The minimum absolute atomic E-state index is 0.00220. The zero-order chi connectivity index (χ0) is 19.7. The van der Waals surface area contributed by atoms with Gasteiger partial charge in [0.05, 0.1) is 6.54 Å². The van der Waals surface area contributed by atoms with Gasteiger partial charge in [0.15, 0.2) is 11.5 Å². The number of carbonyl (C=O) groups is 1. The number of amides is 1. The highest BCUT2D eigenvalue weighted by atomic mass is 19.1. The number of carbonyl (C=O) groups excluding carboxylic acids is 1. The number of guanidine groups is 1. The van der Waals surface area contributed by atoms with E-state index >= 15 is 0 Å². The molecule has 140 valence electrons. The number of rotatable bonds is 4. The summed E-state index contributed by atoms with van der Waals surface area (Å²) >= 11 is 0. The monoisotopic (exact) mass is 377 g/mol. The van der Waals surface area contributed by atoms with Crippen LogP contribution in [0.2, 0.25) is 0 Å². The Morgan fingerprint density at radius 1 is 0.857 bits per heavy atom. The van der Waals surface area contributed by atoms with E-state index in [0.29, 0.717) is 16.7 Å². The minimum Gasteiger partial charge on any atom is -0.369 e. The summed E-state index contributed by atoms with van der Waals surface area (Å²) in [5.74, 6) is -1.79. The van der Waals surface area contributed by atoms with Crippen molar-refractivity contribution in [2.75, 3.05) is 0 Å². The topological polar surface area (TPSA) is 58.7 Å². The van der Waals surface area contributed by atoms with Crippen molar-refractivity contribution < 1.29 is 13.6 Å². The molecule has 0 aromatic heterocycles. The third-order valence-corrected chi connectivity index (χ3v) is 4.76. The first kappa shape index (κ1) is 17.9. The second kappa shape index (κ2) is 6.88. The van der Waals surface area contributed by atoms with Crippen LogP contribution in [0.5, 0.6) is 0 Å².